The molecule has 1 aromatic carbocycles. The predicted molar refractivity (Wildman–Crippen MR) is 109 cm³/mol. The van der Waals surface area contributed by atoms with Gasteiger partial charge in [-0.05, 0) is 49.1 Å². The summed E-state index contributed by atoms with van der Waals surface area (Å²) >= 11 is 0. The van der Waals surface area contributed by atoms with Crippen LogP contribution in [0.1, 0.15) is 24.8 Å². The number of aliphatic hydroxyl groups excluding tert-OH is 1. The molecule has 154 valence electrons. The van der Waals surface area contributed by atoms with Crippen LogP contribution in [0.2, 0.25) is 0 Å². The number of carbonyl (C=O) groups excluding carboxylic acids is 1. The minimum atomic E-state index is -0.595. The number of aromatic nitrogens is 1. The molecule has 7 heteroatoms. The molecule has 1 aromatic heterocycles. The van der Waals surface area contributed by atoms with E-state index in [0.29, 0.717) is 19.5 Å². The molecule has 3 heterocycles. The van der Waals surface area contributed by atoms with Crippen LogP contribution in [0.3, 0.4) is 0 Å². The molecule has 1 unspecified atom stereocenters. The van der Waals surface area contributed by atoms with Crippen LogP contribution in [0.15, 0.2) is 48.7 Å². The molecule has 4 rings (SSSR count). The Bertz CT molecular complexity index is 842. The zero-order chi connectivity index (χ0) is 20.3. The third-order valence-corrected chi connectivity index (χ3v) is 6.18. The number of nitrogens with zero attached hydrogens (tertiary/aromatic N) is 3. The van der Waals surface area contributed by atoms with Crippen LogP contribution in [-0.2, 0) is 5.41 Å². The lowest BCUT2D eigenvalue weighted by Gasteiger charge is -2.34. The quantitative estimate of drug-likeness (QED) is 0.831. The van der Waals surface area contributed by atoms with Gasteiger partial charge in [-0.2, -0.15) is 0 Å². The van der Waals surface area contributed by atoms with Gasteiger partial charge < -0.3 is 20.2 Å². The Kier molecular flexibility index (Phi) is 5.67. The first kappa shape index (κ1) is 19.6. The van der Waals surface area contributed by atoms with Gasteiger partial charge in [0.25, 0.3) is 0 Å². The molecule has 29 heavy (non-hydrogen) atoms. The predicted octanol–water partition coefficient (Wildman–Crippen LogP) is 2.54. The average molecular weight is 398 g/mol. The van der Waals surface area contributed by atoms with E-state index in [2.05, 4.69) is 15.2 Å². The van der Waals surface area contributed by atoms with E-state index in [0.717, 1.165) is 37.3 Å². The molecule has 0 aliphatic carbocycles. The van der Waals surface area contributed by atoms with Crippen molar-refractivity contribution in [3.05, 3.63) is 60.0 Å². The Morgan fingerprint density at radius 1 is 1.21 bits per heavy atom. The van der Waals surface area contributed by atoms with Gasteiger partial charge in [-0.3, -0.25) is 0 Å². The highest BCUT2D eigenvalue weighted by atomic mass is 19.1. The van der Waals surface area contributed by atoms with Crippen molar-refractivity contribution < 1.29 is 14.3 Å². The summed E-state index contributed by atoms with van der Waals surface area (Å²) in [5, 5.41) is 13.2. The Labute approximate surface area is 170 Å². The summed E-state index contributed by atoms with van der Waals surface area (Å²) < 4.78 is 13.7. The molecule has 0 bridgehead atoms. The normalized spacial score (nSPS) is 22.7. The second-order valence-electron chi connectivity index (χ2n) is 8.02. The number of piperidine rings is 1. The fourth-order valence-electron chi connectivity index (χ4n) is 4.38. The Morgan fingerprint density at radius 2 is 2.03 bits per heavy atom. The fourth-order valence-corrected chi connectivity index (χ4v) is 4.38. The maximum atomic E-state index is 13.7. The number of pyridine rings is 1. The molecule has 0 spiro atoms. The van der Waals surface area contributed by atoms with Crippen molar-refractivity contribution in [3.63, 3.8) is 0 Å². The molecule has 1 atom stereocenters. The maximum absolute atomic E-state index is 13.7. The number of anilines is 1. The SMILES string of the molecule is O=C(NC1CCN(c2ccccn2)CC1)N1CCC(CO)(c2cccc(F)c2)C1. The van der Waals surface area contributed by atoms with Crippen LogP contribution in [0.4, 0.5) is 15.0 Å². The molecule has 2 amide bonds. The number of hydrogen-bond donors (Lipinski definition) is 2. The van der Waals surface area contributed by atoms with E-state index in [1.807, 2.05) is 24.3 Å². The van der Waals surface area contributed by atoms with E-state index in [-0.39, 0.29) is 24.5 Å². The van der Waals surface area contributed by atoms with Gasteiger partial charge in [0.05, 0.1) is 6.61 Å². The van der Waals surface area contributed by atoms with Gasteiger partial charge in [-0.1, -0.05) is 18.2 Å². The van der Waals surface area contributed by atoms with E-state index >= 15 is 0 Å². The lowest BCUT2D eigenvalue weighted by Crippen LogP contribution is -2.49. The number of aliphatic hydroxyl groups is 1. The van der Waals surface area contributed by atoms with Gasteiger partial charge in [-0.15, -0.1) is 0 Å². The highest BCUT2D eigenvalue weighted by molar-refractivity contribution is 5.75. The standard InChI is InChI=1S/C22H27FN4O2/c23-18-5-3-4-17(14-18)22(16-28)9-13-27(15-22)21(29)25-19-7-11-26(12-8-19)20-6-1-2-10-24-20/h1-6,10,14,19,28H,7-9,11-13,15-16H2,(H,25,29). The molecule has 2 fully saturated rings. The Hall–Kier alpha value is -2.67. The number of halogens is 1. The number of urea groups is 1. The molecule has 2 aromatic rings. The topological polar surface area (TPSA) is 68.7 Å². The zero-order valence-electron chi connectivity index (χ0n) is 16.4. The van der Waals surface area contributed by atoms with E-state index in [9.17, 15) is 14.3 Å². The van der Waals surface area contributed by atoms with Gasteiger partial charge in [0.2, 0.25) is 0 Å². The monoisotopic (exact) mass is 398 g/mol. The lowest BCUT2D eigenvalue weighted by molar-refractivity contribution is 0.179. The minimum Gasteiger partial charge on any atom is -0.395 e. The lowest BCUT2D eigenvalue weighted by atomic mass is 9.80. The van der Waals surface area contributed by atoms with Gasteiger partial charge in [0.1, 0.15) is 11.6 Å². The Morgan fingerprint density at radius 3 is 2.72 bits per heavy atom. The number of rotatable bonds is 4. The summed E-state index contributed by atoms with van der Waals surface area (Å²) in [7, 11) is 0. The van der Waals surface area contributed by atoms with E-state index < -0.39 is 5.41 Å². The van der Waals surface area contributed by atoms with Gasteiger partial charge >= 0.3 is 6.03 Å². The highest BCUT2D eigenvalue weighted by Crippen LogP contribution is 2.34. The van der Waals surface area contributed by atoms with E-state index in [1.54, 1.807) is 17.2 Å². The molecule has 2 aliphatic rings. The number of benzene rings is 1. The summed E-state index contributed by atoms with van der Waals surface area (Å²) in [6.45, 7) is 2.54. The maximum Gasteiger partial charge on any atom is 0.317 e. The van der Waals surface area contributed by atoms with Crippen molar-refractivity contribution in [3.8, 4) is 0 Å². The van der Waals surface area contributed by atoms with Crippen LogP contribution in [0.25, 0.3) is 0 Å². The summed E-state index contributed by atoms with van der Waals surface area (Å²) in [5.41, 5.74) is 0.154. The summed E-state index contributed by atoms with van der Waals surface area (Å²) in [6.07, 6.45) is 4.15. The second-order valence-corrected chi connectivity index (χ2v) is 8.02. The fraction of sp³-hybridized carbons (Fsp3) is 0.455. The molecule has 0 radical (unpaired) electrons. The summed E-state index contributed by atoms with van der Waals surface area (Å²) in [5.74, 6) is 0.650. The van der Waals surface area contributed by atoms with Crippen LogP contribution in [0, 0.1) is 5.82 Å². The van der Waals surface area contributed by atoms with Crippen molar-refractivity contribution in [1.29, 1.82) is 0 Å². The summed E-state index contributed by atoms with van der Waals surface area (Å²) in [4.78, 5) is 21.2. The third kappa shape index (κ3) is 4.19. The van der Waals surface area contributed by atoms with Crippen LogP contribution in [0.5, 0.6) is 0 Å². The number of carbonyl (C=O) groups is 1. The molecular weight excluding hydrogens is 371 g/mol. The number of nitrogens with one attached hydrogen (secondary N) is 1. The molecular formula is C22H27FN4O2. The zero-order valence-corrected chi connectivity index (χ0v) is 16.4. The van der Waals surface area contributed by atoms with Crippen molar-refractivity contribution in [1.82, 2.24) is 15.2 Å². The average Bonchev–Trinajstić information content (AvgIpc) is 3.21. The molecule has 0 saturated carbocycles. The minimum absolute atomic E-state index is 0.104. The number of hydrogen-bond acceptors (Lipinski definition) is 4. The van der Waals surface area contributed by atoms with Crippen LogP contribution in [-0.4, -0.2) is 59.8 Å². The van der Waals surface area contributed by atoms with E-state index in [4.69, 9.17) is 0 Å². The summed E-state index contributed by atoms with van der Waals surface area (Å²) in [6, 6.07) is 12.3. The first-order valence-electron chi connectivity index (χ1n) is 10.2. The van der Waals surface area contributed by atoms with Gasteiger partial charge in [-0.25, -0.2) is 14.2 Å². The highest BCUT2D eigenvalue weighted by Gasteiger charge is 2.41. The number of likely N-dealkylation sites (tertiary alicyclic amines) is 1. The van der Waals surface area contributed by atoms with Crippen molar-refractivity contribution in [2.75, 3.05) is 37.7 Å². The largest absolute Gasteiger partial charge is 0.395 e. The van der Waals surface area contributed by atoms with Crippen molar-refractivity contribution >= 4 is 11.8 Å². The number of amides is 2. The Balaban J connectivity index is 1.33. The molecule has 2 saturated heterocycles. The first-order valence-corrected chi connectivity index (χ1v) is 10.2. The molecule has 2 aliphatic heterocycles. The van der Waals surface area contributed by atoms with Crippen LogP contribution < -0.4 is 10.2 Å². The van der Waals surface area contributed by atoms with Gasteiger partial charge in [0, 0.05) is 43.8 Å². The van der Waals surface area contributed by atoms with Gasteiger partial charge in [0.15, 0.2) is 0 Å². The third-order valence-electron chi connectivity index (χ3n) is 6.18. The second kappa shape index (κ2) is 8.37. The van der Waals surface area contributed by atoms with Crippen molar-refractivity contribution in [2.24, 2.45) is 0 Å². The van der Waals surface area contributed by atoms with Crippen LogP contribution >= 0.6 is 0 Å². The smallest absolute Gasteiger partial charge is 0.317 e. The van der Waals surface area contributed by atoms with E-state index in [1.165, 1.54) is 12.1 Å². The molecule has 2 N–H and O–H groups in total. The first-order chi connectivity index (χ1) is 14.1. The molecule has 6 nitrogen and oxygen atoms in total. The van der Waals surface area contributed by atoms with Crippen molar-refractivity contribution in [2.45, 2.75) is 30.7 Å².